The molecule has 0 aliphatic heterocycles. The fourth-order valence-electron chi connectivity index (χ4n) is 2.71. The van der Waals surface area contributed by atoms with E-state index in [2.05, 4.69) is 15.6 Å². The van der Waals surface area contributed by atoms with Gasteiger partial charge >= 0.3 is 6.18 Å². The summed E-state index contributed by atoms with van der Waals surface area (Å²) in [6.45, 7) is 0.623. The first kappa shape index (κ1) is 23.7. The molecule has 3 rings (SSSR count). The third kappa shape index (κ3) is 6.06. The van der Waals surface area contributed by atoms with Gasteiger partial charge in [0.2, 0.25) is 0 Å². The number of hydrogen-bond donors (Lipinski definition) is 2. The highest BCUT2D eigenvalue weighted by molar-refractivity contribution is 7.15. The summed E-state index contributed by atoms with van der Waals surface area (Å²) in [6, 6.07) is 8.28. The van der Waals surface area contributed by atoms with Crippen LogP contribution in [0.25, 0.3) is 0 Å². The molecule has 0 fully saturated rings. The van der Waals surface area contributed by atoms with Crippen molar-refractivity contribution in [1.29, 1.82) is 0 Å². The van der Waals surface area contributed by atoms with Crippen molar-refractivity contribution in [3.05, 3.63) is 75.4 Å². The van der Waals surface area contributed by atoms with Crippen molar-refractivity contribution in [2.45, 2.75) is 12.7 Å². The number of halogens is 4. The number of nitrogens with zero attached hydrogens (tertiary/aromatic N) is 2. The molecule has 3 aromatic rings. The highest BCUT2D eigenvalue weighted by Gasteiger charge is 2.31. The number of amides is 2. The summed E-state index contributed by atoms with van der Waals surface area (Å²) in [5, 5.41) is 6.69. The van der Waals surface area contributed by atoms with E-state index in [9.17, 15) is 22.8 Å². The summed E-state index contributed by atoms with van der Waals surface area (Å²) in [7, 11) is 3.80. The van der Waals surface area contributed by atoms with Gasteiger partial charge in [0, 0.05) is 17.8 Å². The quantitative estimate of drug-likeness (QED) is 0.494. The molecule has 2 N–H and O–H groups in total. The molecule has 0 aliphatic carbocycles. The van der Waals surface area contributed by atoms with Crippen LogP contribution >= 0.6 is 22.9 Å². The van der Waals surface area contributed by atoms with Crippen LogP contribution in [-0.2, 0) is 12.7 Å². The van der Waals surface area contributed by atoms with Crippen molar-refractivity contribution >= 4 is 45.4 Å². The van der Waals surface area contributed by atoms with Gasteiger partial charge in [-0.25, -0.2) is 4.98 Å². The van der Waals surface area contributed by atoms with E-state index in [0.29, 0.717) is 11.5 Å². The minimum atomic E-state index is -4.56. The molecule has 0 radical (unpaired) electrons. The Hall–Kier alpha value is -2.95. The molecular formula is C21H18ClF3N4O2S. The number of hydrogen-bond acceptors (Lipinski definition) is 5. The third-order valence-electron chi connectivity index (χ3n) is 4.16. The summed E-state index contributed by atoms with van der Waals surface area (Å²) in [6.07, 6.45) is -3.03. The number of carbonyl (C=O) groups excluding carboxylic acids is 2. The summed E-state index contributed by atoms with van der Waals surface area (Å²) in [5.74, 6) is -1.26. The van der Waals surface area contributed by atoms with Crippen LogP contribution in [0.4, 0.5) is 23.9 Å². The number of rotatable bonds is 6. The van der Waals surface area contributed by atoms with Crippen molar-refractivity contribution in [3.63, 3.8) is 0 Å². The van der Waals surface area contributed by atoms with Gasteiger partial charge in [-0.15, -0.1) is 0 Å². The number of thiazole rings is 1. The lowest BCUT2D eigenvalue weighted by Gasteiger charge is -2.11. The van der Waals surface area contributed by atoms with E-state index in [-0.39, 0.29) is 21.8 Å². The fourth-order valence-corrected chi connectivity index (χ4v) is 3.84. The molecule has 0 atom stereocenters. The van der Waals surface area contributed by atoms with E-state index < -0.39 is 23.6 Å². The van der Waals surface area contributed by atoms with E-state index in [1.54, 1.807) is 0 Å². The first-order valence-electron chi connectivity index (χ1n) is 9.22. The minimum absolute atomic E-state index is 0.0936. The number of carbonyl (C=O) groups is 2. The molecule has 32 heavy (non-hydrogen) atoms. The molecule has 168 valence electrons. The zero-order chi connectivity index (χ0) is 23.5. The van der Waals surface area contributed by atoms with Gasteiger partial charge in [0.1, 0.15) is 10.0 Å². The maximum Gasteiger partial charge on any atom is 0.416 e. The second-order valence-corrected chi connectivity index (χ2v) is 8.56. The van der Waals surface area contributed by atoms with Gasteiger partial charge < -0.3 is 15.5 Å². The van der Waals surface area contributed by atoms with Crippen molar-refractivity contribution in [3.8, 4) is 0 Å². The Morgan fingerprint density at radius 3 is 2.53 bits per heavy atom. The van der Waals surface area contributed by atoms with Crippen LogP contribution in [0.15, 0.2) is 48.7 Å². The standard InChI is InChI=1S/C21H18ClF3N4O2S/c1-29(2)11-18-26-10-17(32-18)28-20(31)15-9-14(6-7-16(15)22)27-19(30)12-4-3-5-13(8-12)21(23,24)25/h3-10H,11H2,1-2H3,(H,27,30)(H,28,31). The highest BCUT2D eigenvalue weighted by atomic mass is 35.5. The van der Waals surface area contributed by atoms with E-state index in [0.717, 1.165) is 23.2 Å². The maximum atomic E-state index is 12.9. The van der Waals surface area contributed by atoms with E-state index in [1.807, 2.05) is 19.0 Å². The number of nitrogens with one attached hydrogen (secondary N) is 2. The van der Waals surface area contributed by atoms with Crippen molar-refractivity contribution in [2.75, 3.05) is 24.7 Å². The lowest BCUT2D eigenvalue weighted by Crippen LogP contribution is -2.15. The van der Waals surface area contributed by atoms with Crippen LogP contribution < -0.4 is 10.6 Å². The average molecular weight is 483 g/mol. The largest absolute Gasteiger partial charge is 0.416 e. The molecule has 0 saturated heterocycles. The molecule has 0 unspecified atom stereocenters. The lowest BCUT2D eigenvalue weighted by molar-refractivity contribution is -0.137. The average Bonchev–Trinajstić information content (AvgIpc) is 3.14. The maximum absolute atomic E-state index is 12.9. The monoisotopic (exact) mass is 482 g/mol. The molecule has 0 spiro atoms. The Labute approximate surface area is 191 Å². The molecule has 11 heteroatoms. The Kier molecular flexibility index (Phi) is 7.17. The normalized spacial score (nSPS) is 11.5. The molecule has 2 amide bonds. The van der Waals surface area contributed by atoms with E-state index in [1.165, 1.54) is 41.8 Å². The third-order valence-corrected chi connectivity index (χ3v) is 5.39. The smallest absolute Gasteiger partial charge is 0.322 e. The van der Waals surface area contributed by atoms with Gasteiger partial charge in [-0.05, 0) is 50.5 Å². The van der Waals surface area contributed by atoms with Crippen LogP contribution in [-0.4, -0.2) is 35.8 Å². The van der Waals surface area contributed by atoms with Crippen LogP contribution in [0, 0.1) is 0 Å². The SMILES string of the molecule is CN(C)Cc1ncc(NC(=O)c2cc(NC(=O)c3cccc(C(F)(F)F)c3)ccc2Cl)s1. The Morgan fingerprint density at radius 2 is 1.84 bits per heavy atom. The van der Waals surface area contributed by atoms with E-state index >= 15 is 0 Å². The molecular weight excluding hydrogens is 465 g/mol. The number of alkyl halides is 3. The predicted molar refractivity (Wildman–Crippen MR) is 118 cm³/mol. The highest BCUT2D eigenvalue weighted by Crippen LogP contribution is 2.30. The lowest BCUT2D eigenvalue weighted by atomic mass is 10.1. The molecule has 6 nitrogen and oxygen atoms in total. The molecule has 0 aliphatic rings. The minimum Gasteiger partial charge on any atom is -0.322 e. The van der Waals surface area contributed by atoms with Crippen LogP contribution in [0.1, 0.15) is 31.3 Å². The van der Waals surface area contributed by atoms with Crippen LogP contribution in [0.3, 0.4) is 0 Å². The van der Waals surface area contributed by atoms with Crippen molar-refractivity contribution in [2.24, 2.45) is 0 Å². The van der Waals surface area contributed by atoms with Gasteiger partial charge in [0.25, 0.3) is 11.8 Å². The summed E-state index contributed by atoms with van der Waals surface area (Å²) >= 11 is 7.45. The predicted octanol–water partition coefficient (Wildman–Crippen LogP) is 5.38. The zero-order valence-electron chi connectivity index (χ0n) is 17.0. The second kappa shape index (κ2) is 9.68. The topological polar surface area (TPSA) is 74.3 Å². The summed E-state index contributed by atoms with van der Waals surface area (Å²) in [5.41, 5.74) is -0.797. The first-order valence-corrected chi connectivity index (χ1v) is 10.4. The van der Waals surface area contributed by atoms with Crippen LogP contribution in [0.2, 0.25) is 5.02 Å². The van der Waals surface area contributed by atoms with Gasteiger partial charge in [0.15, 0.2) is 0 Å². The van der Waals surface area contributed by atoms with Gasteiger partial charge in [0.05, 0.1) is 22.3 Å². The number of benzene rings is 2. The van der Waals surface area contributed by atoms with Crippen LogP contribution in [0.5, 0.6) is 0 Å². The number of anilines is 2. The Morgan fingerprint density at radius 1 is 1.09 bits per heavy atom. The molecule has 1 aromatic heterocycles. The molecule has 2 aromatic carbocycles. The first-order chi connectivity index (χ1) is 15.0. The zero-order valence-corrected chi connectivity index (χ0v) is 18.5. The second-order valence-electron chi connectivity index (χ2n) is 7.04. The molecule has 0 saturated carbocycles. The summed E-state index contributed by atoms with van der Waals surface area (Å²) < 4.78 is 38.7. The number of aromatic nitrogens is 1. The Bertz CT molecular complexity index is 1150. The molecule has 1 heterocycles. The van der Waals surface area contributed by atoms with Crippen molar-refractivity contribution in [1.82, 2.24) is 9.88 Å². The molecule has 0 bridgehead atoms. The fraction of sp³-hybridized carbons (Fsp3) is 0.190. The van der Waals surface area contributed by atoms with E-state index in [4.69, 9.17) is 11.6 Å². The van der Waals surface area contributed by atoms with Gasteiger partial charge in [-0.1, -0.05) is 29.0 Å². The van der Waals surface area contributed by atoms with Crippen molar-refractivity contribution < 1.29 is 22.8 Å². The van der Waals surface area contributed by atoms with Gasteiger partial charge in [-0.3, -0.25) is 9.59 Å². The summed E-state index contributed by atoms with van der Waals surface area (Å²) in [4.78, 5) is 31.3. The Balaban J connectivity index is 1.75. The van der Waals surface area contributed by atoms with Gasteiger partial charge in [-0.2, -0.15) is 13.2 Å².